The predicted molar refractivity (Wildman–Crippen MR) is 226 cm³/mol. The first-order valence-electron chi connectivity index (χ1n) is 22.0. The predicted octanol–water partition coefficient (Wildman–Crippen LogP) is 5.91. The molecule has 1 heterocycles. The van der Waals surface area contributed by atoms with E-state index in [0.29, 0.717) is 31.2 Å². The van der Waals surface area contributed by atoms with Crippen molar-refractivity contribution in [2.45, 2.75) is 168 Å². The maximum atomic E-state index is 13.8. The number of esters is 3. The van der Waals surface area contributed by atoms with Crippen LogP contribution in [0.15, 0.2) is 47.2 Å². The van der Waals surface area contributed by atoms with Crippen molar-refractivity contribution in [2.75, 3.05) is 7.11 Å². The highest BCUT2D eigenvalue weighted by Gasteiger charge is 2.69. The van der Waals surface area contributed by atoms with Crippen molar-refractivity contribution in [2.24, 2.45) is 39.4 Å². The number of ether oxygens (including phenoxy) is 4. The van der Waals surface area contributed by atoms with Gasteiger partial charge >= 0.3 is 17.9 Å². The molecule has 1 aromatic rings. The Hall–Kier alpha value is -3.62. The van der Waals surface area contributed by atoms with E-state index < -0.39 is 94.8 Å². The second kappa shape index (κ2) is 16.8. The molecule has 61 heavy (non-hydrogen) atoms. The maximum Gasteiger partial charge on any atom is 0.354 e. The number of aliphatic hydroxyl groups excluding tert-OH is 2. The van der Waals surface area contributed by atoms with Gasteiger partial charge in [0.2, 0.25) is 5.91 Å². The molecule has 13 heteroatoms. The van der Waals surface area contributed by atoms with Gasteiger partial charge in [-0.3, -0.25) is 14.4 Å². The van der Waals surface area contributed by atoms with Crippen molar-refractivity contribution in [1.29, 1.82) is 0 Å². The molecule has 5 N–H and O–H groups in total. The first-order valence-corrected chi connectivity index (χ1v) is 22.0. The van der Waals surface area contributed by atoms with Crippen LogP contribution in [0.2, 0.25) is 0 Å². The summed E-state index contributed by atoms with van der Waals surface area (Å²) in [5, 5.41) is 48.3. The van der Waals surface area contributed by atoms with Crippen LogP contribution in [0.5, 0.6) is 0 Å². The van der Waals surface area contributed by atoms with E-state index in [4.69, 9.17) is 18.9 Å². The Morgan fingerprint density at radius 3 is 2.20 bits per heavy atom. The van der Waals surface area contributed by atoms with E-state index in [1.54, 1.807) is 38.1 Å². The Kier molecular flexibility index (Phi) is 12.9. The van der Waals surface area contributed by atoms with Crippen LogP contribution in [-0.4, -0.2) is 93.3 Å². The molecule has 0 radical (unpaired) electrons. The van der Waals surface area contributed by atoms with Gasteiger partial charge in [-0.05, 0) is 106 Å². The molecule has 2 saturated carbocycles. The van der Waals surface area contributed by atoms with Crippen LogP contribution in [0.4, 0.5) is 0 Å². The summed E-state index contributed by atoms with van der Waals surface area (Å²) in [6, 6.07) is 8.86. The van der Waals surface area contributed by atoms with Crippen LogP contribution in [0.25, 0.3) is 6.08 Å². The van der Waals surface area contributed by atoms with Gasteiger partial charge in [-0.25, -0.2) is 4.79 Å². The van der Waals surface area contributed by atoms with Crippen LogP contribution in [0.1, 0.15) is 132 Å². The van der Waals surface area contributed by atoms with Crippen LogP contribution in [-0.2, 0) is 38.1 Å². The van der Waals surface area contributed by atoms with Gasteiger partial charge in [0, 0.05) is 23.7 Å². The minimum Gasteiger partial charge on any atom is -0.464 e. The molecule has 12 atom stereocenters. The van der Waals surface area contributed by atoms with Crippen molar-refractivity contribution in [3.63, 3.8) is 0 Å². The Bertz CT molecular complexity index is 1920. The Labute approximate surface area is 360 Å². The summed E-state index contributed by atoms with van der Waals surface area (Å²) in [5.41, 5.74) is -2.09. The maximum absolute atomic E-state index is 13.8. The Morgan fingerprint density at radius 2 is 1.59 bits per heavy atom. The molecule has 1 aliphatic heterocycles. The lowest BCUT2D eigenvalue weighted by Crippen LogP contribution is -2.63. The lowest BCUT2D eigenvalue weighted by Gasteiger charge is -2.64. The number of allylic oxidation sites excluding steroid dienone is 1. The van der Waals surface area contributed by atoms with Gasteiger partial charge in [0.15, 0.2) is 6.29 Å². The minimum atomic E-state index is -1.86. The summed E-state index contributed by atoms with van der Waals surface area (Å²) in [4.78, 5) is 52.2. The number of fused-ring (bicyclic) bond motifs is 4. The Balaban J connectivity index is 1.21. The summed E-state index contributed by atoms with van der Waals surface area (Å²) in [6.07, 6.45) is 1.73. The molecule has 13 nitrogen and oxygen atoms in total. The van der Waals surface area contributed by atoms with E-state index >= 15 is 0 Å². The number of nitrogens with one attached hydrogen (secondary N) is 1. The summed E-state index contributed by atoms with van der Waals surface area (Å²) >= 11 is 0. The summed E-state index contributed by atoms with van der Waals surface area (Å²) in [7, 11) is 1.19. The molecule has 1 aromatic carbocycles. The van der Waals surface area contributed by atoms with Crippen LogP contribution >= 0.6 is 0 Å². The first-order chi connectivity index (χ1) is 28.3. The van der Waals surface area contributed by atoms with Gasteiger partial charge in [-0.15, -0.1) is 0 Å². The summed E-state index contributed by atoms with van der Waals surface area (Å²) in [6.45, 7) is 16.8. The fourth-order valence-electron chi connectivity index (χ4n) is 12.9. The average molecular weight is 852 g/mol. The molecule has 5 aliphatic rings. The monoisotopic (exact) mass is 851 g/mol. The quantitative estimate of drug-likeness (QED) is 0.0766. The zero-order chi connectivity index (χ0) is 45.1. The third-order valence-electron chi connectivity index (χ3n) is 15.9. The molecule has 0 bridgehead atoms. The fraction of sp³-hybridized carbons (Fsp3) is 0.708. The molecular formula is C48H69NO12. The number of methoxy groups -OCH3 is 1. The third kappa shape index (κ3) is 8.71. The fourth-order valence-corrected chi connectivity index (χ4v) is 12.9. The molecular weight excluding hydrogens is 783 g/mol. The highest BCUT2D eigenvalue weighted by atomic mass is 16.6. The summed E-state index contributed by atoms with van der Waals surface area (Å²) in [5.74, 6) is -3.00. The van der Waals surface area contributed by atoms with Gasteiger partial charge in [-0.1, -0.05) is 76.1 Å². The second-order valence-corrected chi connectivity index (χ2v) is 20.8. The smallest absolute Gasteiger partial charge is 0.354 e. The third-order valence-corrected chi connectivity index (χ3v) is 15.9. The molecule has 0 spiro atoms. The number of carbonyl (C=O) groups excluding carboxylic acids is 4. The largest absolute Gasteiger partial charge is 0.464 e. The Morgan fingerprint density at radius 1 is 0.918 bits per heavy atom. The van der Waals surface area contributed by atoms with E-state index in [0.717, 1.165) is 25.7 Å². The number of rotatable bonds is 11. The number of aliphatic hydroxyl groups is 4. The van der Waals surface area contributed by atoms with E-state index in [2.05, 4.69) is 26.1 Å². The molecule has 3 fully saturated rings. The van der Waals surface area contributed by atoms with Crippen molar-refractivity contribution >= 4 is 29.9 Å². The molecule has 0 unspecified atom stereocenters. The molecule has 0 aromatic heterocycles. The van der Waals surface area contributed by atoms with E-state index in [1.807, 2.05) is 19.9 Å². The zero-order valence-electron chi connectivity index (χ0n) is 37.7. The highest BCUT2D eigenvalue weighted by Crippen LogP contribution is 2.73. The van der Waals surface area contributed by atoms with Crippen molar-refractivity contribution in [1.82, 2.24) is 5.32 Å². The molecule has 4 aliphatic carbocycles. The van der Waals surface area contributed by atoms with Crippen LogP contribution in [0.3, 0.4) is 0 Å². The average Bonchev–Trinajstić information content (AvgIpc) is 3.44. The van der Waals surface area contributed by atoms with Gasteiger partial charge in [0.25, 0.3) is 0 Å². The number of carbonyl (C=O) groups is 4. The highest BCUT2D eigenvalue weighted by molar-refractivity contribution is 5.98. The van der Waals surface area contributed by atoms with Crippen molar-refractivity contribution < 1.29 is 58.6 Å². The molecule has 1 saturated heterocycles. The normalized spacial score (nSPS) is 37.0. The minimum absolute atomic E-state index is 0.00541. The first kappa shape index (κ1) is 46.9. The number of hydrogen-bond acceptors (Lipinski definition) is 12. The van der Waals surface area contributed by atoms with Crippen LogP contribution < -0.4 is 5.32 Å². The topological polar surface area (TPSA) is 198 Å². The van der Waals surface area contributed by atoms with Gasteiger partial charge in [0.05, 0.1) is 43.4 Å². The lowest BCUT2D eigenvalue weighted by atomic mass is 9.42. The van der Waals surface area contributed by atoms with Crippen molar-refractivity contribution in [3.05, 3.63) is 52.7 Å². The molecule has 338 valence electrons. The SMILES string of the molecule is COC(=O)C(=Cc1ccccc1)NC(=O)C[C@](C)(O)CC(=O)O[C@@H]1[C@@H](OC(C)=O)C[C@]2(C)C3=C(CC[C@@H]2C1(C)C)[C@]1(C)CC[C@@H]([C@@H]2CC[C@@H](C(C)(C)O)O[C@H]2O)[C@@]1(C)[C@H](O)C3. The lowest BCUT2D eigenvalue weighted by molar-refractivity contribution is -0.251. The van der Waals surface area contributed by atoms with Gasteiger partial charge in [-0.2, -0.15) is 0 Å². The molecule has 1 amide bonds. The number of hydrogen-bond donors (Lipinski definition) is 5. The van der Waals surface area contributed by atoms with E-state index in [9.17, 15) is 39.6 Å². The van der Waals surface area contributed by atoms with E-state index in [1.165, 1.54) is 38.2 Å². The number of benzene rings is 1. The standard InChI is InChI=1S/C48H69NO12/c1-27(50)59-34-24-46(7)32-23-36(51)48(9)30(29-16-19-37(44(4,5)56)60-41(29)54)20-21-47(48,8)31(32)17-18-35(46)43(2,3)40(34)61-39(53)26-45(6,57)25-38(52)49-33(42(55)58-10)22-28-14-12-11-13-15-28/h11-15,22,29-30,34-37,40-41,51,54,56-57H,16-21,23-26H2,1-10H3,(H,49,52)/t29-,30-,34-,35+,36+,37-,40+,41+,45-,46+,47-,48-/m0/s1. The number of amides is 1. The van der Waals surface area contributed by atoms with Gasteiger partial charge in [0.1, 0.15) is 17.9 Å². The zero-order valence-corrected chi connectivity index (χ0v) is 37.7. The van der Waals surface area contributed by atoms with Gasteiger partial charge < -0.3 is 44.7 Å². The molecule has 6 rings (SSSR count). The second-order valence-electron chi connectivity index (χ2n) is 20.8. The van der Waals surface area contributed by atoms with Crippen molar-refractivity contribution in [3.8, 4) is 0 Å². The van der Waals surface area contributed by atoms with E-state index in [-0.39, 0.29) is 28.9 Å². The van der Waals surface area contributed by atoms with Crippen LogP contribution in [0, 0.1) is 39.4 Å². The summed E-state index contributed by atoms with van der Waals surface area (Å²) < 4.78 is 23.1.